The van der Waals surface area contributed by atoms with Crippen LogP contribution in [0.15, 0.2) is 48.8 Å². The van der Waals surface area contributed by atoms with Gasteiger partial charge in [-0.1, -0.05) is 42.4 Å². The van der Waals surface area contributed by atoms with Crippen LogP contribution in [-0.2, 0) is 22.5 Å². The number of carbonyl (C=O) groups is 1. The van der Waals surface area contributed by atoms with Gasteiger partial charge in [-0.05, 0) is 36.8 Å². The Morgan fingerprint density at radius 1 is 1.10 bits per heavy atom. The highest BCUT2D eigenvalue weighted by molar-refractivity contribution is 7.59. The van der Waals surface area contributed by atoms with E-state index >= 15 is 0 Å². The van der Waals surface area contributed by atoms with E-state index in [1.807, 2.05) is 18.2 Å². The van der Waals surface area contributed by atoms with Crippen molar-refractivity contribution >= 4 is 80.3 Å². The molecule has 0 radical (unpaired) electrons. The third-order valence-electron chi connectivity index (χ3n) is 9.61. The molecule has 0 saturated carbocycles. The summed E-state index contributed by atoms with van der Waals surface area (Å²) in [6, 6.07) is 12.5. The second-order valence-electron chi connectivity index (χ2n) is 12.4. The summed E-state index contributed by atoms with van der Waals surface area (Å²) in [6.45, 7) is 16.3. The van der Waals surface area contributed by atoms with Crippen LogP contribution < -0.4 is 14.5 Å². The SMILES string of the molecule is S.S.S.[C-]#[N+]C[C@H]1CN(c2nc(OCCCN3C[C@@H]4C[C@H]3CO4)nc3c2CCN(c2cccc4cccc(Cl)c24)C3)CCN1C(=O)C(=C)F. The van der Waals surface area contributed by atoms with Crippen molar-refractivity contribution in [1.82, 2.24) is 19.8 Å². The van der Waals surface area contributed by atoms with Crippen molar-refractivity contribution in [2.75, 3.05) is 68.8 Å². The molecule has 49 heavy (non-hydrogen) atoms. The number of benzene rings is 2. The maximum absolute atomic E-state index is 13.8. The van der Waals surface area contributed by atoms with Crippen LogP contribution in [0.1, 0.15) is 24.1 Å². The molecular weight excluding hydrogens is 705 g/mol. The Hall–Kier alpha value is -2.93. The minimum Gasteiger partial charge on any atom is -0.463 e. The fourth-order valence-corrected chi connectivity index (χ4v) is 7.66. The van der Waals surface area contributed by atoms with Gasteiger partial charge in [0.05, 0.1) is 36.6 Å². The highest BCUT2D eigenvalue weighted by Crippen LogP contribution is 2.37. The molecule has 2 aromatic carbocycles. The molecule has 264 valence electrons. The summed E-state index contributed by atoms with van der Waals surface area (Å²) < 4.78 is 25.8. The van der Waals surface area contributed by atoms with Crippen LogP contribution in [0.25, 0.3) is 15.6 Å². The highest BCUT2D eigenvalue weighted by atomic mass is 35.5. The number of piperazine rings is 1. The first-order valence-corrected chi connectivity index (χ1v) is 16.3. The molecule has 3 atom stereocenters. The number of rotatable bonds is 9. The maximum Gasteiger partial charge on any atom is 0.318 e. The van der Waals surface area contributed by atoms with Crippen molar-refractivity contribution in [3.8, 4) is 6.01 Å². The Balaban J connectivity index is 0.00000180. The first-order chi connectivity index (χ1) is 22.4. The number of morpholine rings is 1. The molecule has 3 aromatic rings. The molecule has 0 N–H and O–H groups in total. The third kappa shape index (κ3) is 8.02. The normalized spacial score (nSPS) is 21.2. The Bertz CT molecular complexity index is 1710. The first kappa shape index (κ1) is 38.9. The molecule has 7 rings (SSSR count). The summed E-state index contributed by atoms with van der Waals surface area (Å²) in [5, 5.41) is 2.80. The van der Waals surface area contributed by atoms with E-state index in [0.29, 0.717) is 55.8 Å². The number of anilines is 2. The fourth-order valence-electron chi connectivity index (χ4n) is 7.38. The lowest BCUT2D eigenvalue weighted by molar-refractivity contribution is -0.131. The van der Waals surface area contributed by atoms with Gasteiger partial charge in [-0.2, -0.15) is 50.5 Å². The van der Waals surface area contributed by atoms with E-state index in [2.05, 4.69) is 44.3 Å². The number of amides is 1. The first-order valence-electron chi connectivity index (χ1n) is 15.9. The molecule has 3 fully saturated rings. The van der Waals surface area contributed by atoms with E-state index in [0.717, 1.165) is 72.6 Å². The van der Waals surface area contributed by atoms with Gasteiger partial charge < -0.3 is 29.0 Å². The average molecular weight is 748 g/mol. The zero-order valence-electron chi connectivity index (χ0n) is 27.2. The summed E-state index contributed by atoms with van der Waals surface area (Å²) in [7, 11) is 0. The topological polar surface area (TPSA) is 78.6 Å². The number of fused-ring (bicyclic) bond motifs is 4. The van der Waals surface area contributed by atoms with Crippen LogP contribution in [0.3, 0.4) is 0 Å². The monoisotopic (exact) mass is 747 g/mol. The van der Waals surface area contributed by atoms with Gasteiger partial charge >= 0.3 is 6.01 Å². The smallest absolute Gasteiger partial charge is 0.318 e. The predicted octanol–water partition coefficient (Wildman–Crippen LogP) is 4.85. The van der Waals surface area contributed by atoms with Crippen molar-refractivity contribution in [3.05, 3.63) is 76.5 Å². The van der Waals surface area contributed by atoms with E-state index < -0.39 is 17.8 Å². The van der Waals surface area contributed by atoms with Crippen LogP contribution in [0.2, 0.25) is 5.02 Å². The molecule has 0 unspecified atom stereocenters. The number of hydrogen-bond acceptors (Lipinski definition) is 8. The molecule has 1 aromatic heterocycles. The van der Waals surface area contributed by atoms with Gasteiger partial charge in [0, 0.05) is 61.9 Å². The van der Waals surface area contributed by atoms with Crippen molar-refractivity contribution in [1.29, 1.82) is 0 Å². The lowest BCUT2D eigenvalue weighted by Crippen LogP contribution is -2.57. The molecule has 4 aliphatic heterocycles. The van der Waals surface area contributed by atoms with E-state index in [9.17, 15) is 9.18 Å². The molecule has 3 saturated heterocycles. The Labute approximate surface area is 312 Å². The van der Waals surface area contributed by atoms with Crippen molar-refractivity contribution in [2.24, 2.45) is 0 Å². The van der Waals surface area contributed by atoms with Crippen LogP contribution >= 0.6 is 52.1 Å². The van der Waals surface area contributed by atoms with Crippen LogP contribution in [0.4, 0.5) is 15.9 Å². The number of halogens is 2. The van der Waals surface area contributed by atoms with E-state index in [1.54, 1.807) is 0 Å². The average Bonchev–Trinajstić information content (AvgIpc) is 3.70. The van der Waals surface area contributed by atoms with Gasteiger partial charge in [-0.25, -0.2) is 11.0 Å². The minimum absolute atomic E-state index is 0. The van der Waals surface area contributed by atoms with Crippen LogP contribution in [0.5, 0.6) is 6.01 Å². The van der Waals surface area contributed by atoms with Gasteiger partial charge in [-0.3, -0.25) is 9.69 Å². The molecule has 2 bridgehead atoms. The van der Waals surface area contributed by atoms with Gasteiger partial charge in [0.15, 0.2) is 5.83 Å². The number of hydrogen-bond donors (Lipinski definition) is 0. The number of carbonyl (C=O) groups excluding carboxylic acids is 1. The maximum atomic E-state index is 13.8. The molecule has 1 amide bonds. The van der Waals surface area contributed by atoms with Crippen LogP contribution in [0, 0.1) is 6.57 Å². The summed E-state index contributed by atoms with van der Waals surface area (Å²) in [5.74, 6) is -1.02. The molecule has 0 aliphatic carbocycles. The largest absolute Gasteiger partial charge is 0.463 e. The van der Waals surface area contributed by atoms with E-state index in [1.165, 1.54) is 4.90 Å². The second-order valence-corrected chi connectivity index (χ2v) is 12.8. The minimum atomic E-state index is -1.01. The fraction of sp³-hybridized carbons (Fsp3) is 0.471. The Morgan fingerprint density at radius 2 is 1.90 bits per heavy atom. The number of ether oxygens (including phenoxy) is 2. The summed E-state index contributed by atoms with van der Waals surface area (Å²) in [6.07, 6.45) is 3.02. The second kappa shape index (κ2) is 16.9. The van der Waals surface area contributed by atoms with Gasteiger partial charge in [0.25, 0.3) is 5.91 Å². The summed E-state index contributed by atoms with van der Waals surface area (Å²) >= 11 is 6.70. The zero-order chi connectivity index (χ0) is 31.8. The molecule has 0 spiro atoms. The predicted molar refractivity (Wildman–Crippen MR) is 206 cm³/mol. The standard InChI is InChI=1S/C34H37ClFN7O3.3H2S/c1-22(36)33(44)43-14-13-42(18-25(43)17-37-2)32-27-10-12-41(30-9-4-7-23-6-3-8-28(35)31(23)30)20-29(27)38-34(39-32)45-15-5-11-40-19-26-16-24(40)21-46-26;;;/h3-4,6-9,24-26H,1,5,10-21H2;3*1H2/t24-,25-,26-;;;/m0.../s1. The van der Waals surface area contributed by atoms with Crippen molar-refractivity contribution < 1.29 is 18.7 Å². The number of aromatic nitrogens is 2. The van der Waals surface area contributed by atoms with Gasteiger partial charge in [0.1, 0.15) is 11.9 Å². The lowest BCUT2D eigenvalue weighted by Gasteiger charge is -2.41. The number of likely N-dealkylation sites (tertiary alicyclic amines) is 1. The summed E-state index contributed by atoms with van der Waals surface area (Å²) in [4.78, 5) is 34.2. The Morgan fingerprint density at radius 3 is 2.61 bits per heavy atom. The lowest BCUT2D eigenvalue weighted by atomic mass is 10.0. The number of nitrogens with zero attached hydrogens (tertiary/aromatic N) is 7. The zero-order valence-corrected chi connectivity index (χ0v) is 31.0. The third-order valence-corrected chi connectivity index (χ3v) is 9.92. The molecular formula is C34H43ClFN7O3S3. The van der Waals surface area contributed by atoms with E-state index in [-0.39, 0.29) is 53.6 Å². The van der Waals surface area contributed by atoms with Crippen molar-refractivity contribution in [2.45, 2.75) is 44.0 Å². The molecule has 5 heterocycles. The van der Waals surface area contributed by atoms with Crippen LogP contribution in [-0.4, -0.2) is 103 Å². The van der Waals surface area contributed by atoms with Gasteiger partial charge in [-0.15, -0.1) is 0 Å². The van der Waals surface area contributed by atoms with Gasteiger partial charge in [0.2, 0.25) is 6.54 Å². The Kier molecular flexibility index (Phi) is 13.4. The summed E-state index contributed by atoms with van der Waals surface area (Å²) in [5.41, 5.74) is 2.96. The highest BCUT2D eigenvalue weighted by Gasteiger charge is 2.39. The van der Waals surface area contributed by atoms with Crippen molar-refractivity contribution in [3.63, 3.8) is 0 Å². The van der Waals surface area contributed by atoms with E-state index in [4.69, 9.17) is 37.6 Å². The molecule has 4 aliphatic rings. The molecule has 10 nitrogen and oxygen atoms in total. The molecule has 15 heteroatoms. The quantitative estimate of drug-likeness (QED) is 0.175.